The van der Waals surface area contributed by atoms with Gasteiger partial charge in [-0.2, -0.15) is 5.10 Å². The molecule has 6 heteroatoms. The first kappa shape index (κ1) is 11.0. The molecule has 1 aliphatic rings. The third-order valence-corrected chi connectivity index (χ3v) is 3.06. The molecule has 0 radical (unpaired) electrons. The van der Waals surface area contributed by atoms with Crippen LogP contribution >= 0.6 is 0 Å². The summed E-state index contributed by atoms with van der Waals surface area (Å²) in [5.41, 5.74) is 6.87. The number of rotatable bonds is 1. The number of fused-ring (bicyclic) bond motifs is 1. The molecule has 2 heterocycles. The van der Waals surface area contributed by atoms with E-state index in [-0.39, 0.29) is 11.3 Å². The van der Waals surface area contributed by atoms with Crippen molar-refractivity contribution in [3.05, 3.63) is 29.3 Å². The van der Waals surface area contributed by atoms with Gasteiger partial charge in [0.15, 0.2) is 11.6 Å². The molecule has 2 N–H and O–H groups in total. The van der Waals surface area contributed by atoms with E-state index in [0.29, 0.717) is 30.1 Å². The lowest BCUT2D eigenvalue weighted by Gasteiger charge is -2.07. The lowest BCUT2D eigenvalue weighted by Crippen LogP contribution is -1.98. The highest BCUT2D eigenvalue weighted by molar-refractivity contribution is 5.70. The molecule has 0 aliphatic carbocycles. The molecule has 0 atom stereocenters. The maximum absolute atomic E-state index is 13.9. The molecule has 0 saturated carbocycles. The Hall–Kier alpha value is -2.11. The molecule has 0 bridgehead atoms. The summed E-state index contributed by atoms with van der Waals surface area (Å²) >= 11 is 0. The standard InChI is InChI=1S/C12H11F2N3O/c1-17-10(15)5-9(16-17)11-6-2-3-18-12(6)8(14)4-7(11)13/h4-5H,2-3,15H2,1H3. The number of anilines is 1. The lowest BCUT2D eigenvalue weighted by atomic mass is 10.0. The maximum Gasteiger partial charge on any atom is 0.168 e. The van der Waals surface area contributed by atoms with E-state index in [4.69, 9.17) is 10.5 Å². The van der Waals surface area contributed by atoms with E-state index in [9.17, 15) is 8.78 Å². The van der Waals surface area contributed by atoms with Crippen molar-refractivity contribution in [3.63, 3.8) is 0 Å². The number of hydrogen-bond acceptors (Lipinski definition) is 3. The molecule has 1 aromatic carbocycles. The van der Waals surface area contributed by atoms with Crippen molar-refractivity contribution in [2.45, 2.75) is 6.42 Å². The number of nitrogen functional groups attached to an aromatic ring is 1. The van der Waals surface area contributed by atoms with Crippen molar-refractivity contribution in [2.75, 3.05) is 12.3 Å². The van der Waals surface area contributed by atoms with Gasteiger partial charge < -0.3 is 10.5 Å². The quantitative estimate of drug-likeness (QED) is 0.842. The molecular weight excluding hydrogens is 240 g/mol. The molecule has 94 valence electrons. The zero-order chi connectivity index (χ0) is 12.9. The van der Waals surface area contributed by atoms with E-state index in [1.54, 1.807) is 13.1 Å². The van der Waals surface area contributed by atoms with E-state index >= 15 is 0 Å². The van der Waals surface area contributed by atoms with Gasteiger partial charge in [0.1, 0.15) is 11.6 Å². The summed E-state index contributed by atoms with van der Waals surface area (Å²) in [6.45, 7) is 0.352. The topological polar surface area (TPSA) is 53.1 Å². The molecule has 18 heavy (non-hydrogen) atoms. The van der Waals surface area contributed by atoms with Gasteiger partial charge in [-0.05, 0) is 0 Å². The fraction of sp³-hybridized carbons (Fsp3) is 0.250. The molecule has 1 aromatic heterocycles. The molecule has 4 nitrogen and oxygen atoms in total. The summed E-state index contributed by atoms with van der Waals surface area (Å²) < 4.78 is 34.1. The maximum atomic E-state index is 13.9. The second kappa shape index (κ2) is 3.69. The Morgan fingerprint density at radius 3 is 2.78 bits per heavy atom. The van der Waals surface area contributed by atoms with Crippen molar-refractivity contribution in [3.8, 4) is 17.0 Å². The van der Waals surface area contributed by atoms with Gasteiger partial charge in [-0.3, -0.25) is 4.68 Å². The van der Waals surface area contributed by atoms with Crippen LogP contribution in [0.15, 0.2) is 12.1 Å². The van der Waals surface area contributed by atoms with Crippen LogP contribution in [0, 0.1) is 11.6 Å². The zero-order valence-electron chi connectivity index (χ0n) is 9.70. The number of aromatic nitrogens is 2. The van der Waals surface area contributed by atoms with E-state index in [2.05, 4.69) is 5.10 Å². The second-order valence-corrected chi connectivity index (χ2v) is 4.20. The van der Waals surface area contributed by atoms with Crippen LogP contribution in [-0.4, -0.2) is 16.4 Å². The molecule has 3 rings (SSSR count). The first-order chi connectivity index (χ1) is 8.58. The third kappa shape index (κ3) is 1.45. The summed E-state index contributed by atoms with van der Waals surface area (Å²) in [4.78, 5) is 0. The lowest BCUT2D eigenvalue weighted by molar-refractivity contribution is 0.338. The number of nitrogens with zero attached hydrogens (tertiary/aromatic N) is 2. The summed E-state index contributed by atoms with van der Waals surface area (Å²) in [6, 6.07) is 2.39. The Labute approximate surface area is 102 Å². The molecule has 0 amide bonds. The van der Waals surface area contributed by atoms with Crippen LogP contribution in [0.4, 0.5) is 14.6 Å². The Morgan fingerprint density at radius 2 is 2.11 bits per heavy atom. The monoisotopic (exact) mass is 251 g/mol. The number of hydrogen-bond donors (Lipinski definition) is 1. The van der Waals surface area contributed by atoms with Gasteiger partial charge in [0.2, 0.25) is 0 Å². The van der Waals surface area contributed by atoms with Crippen LogP contribution in [0.2, 0.25) is 0 Å². The van der Waals surface area contributed by atoms with Gasteiger partial charge in [-0.25, -0.2) is 8.78 Å². The molecule has 0 saturated heterocycles. The molecular formula is C12H11F2N3O. The normalized spacial score (nSPS) is 13.5. The van der Waals surface area contributed by atoms with Crippen molar-refractivity contribution in [1.82, 2.24) is 9.78 Å². The molecule has 0 fully saturated rings. The predicted octanol–water partition coefficient (Wildman–Crippen LogP) is 1.88. The third-order valence-electron chi connectivity index (χ3n) is 3.06. The minimum atomic E-state index is -0.673. The summed E-state index contributed by atoms with van der Waals surface area (Å²) in [5, 5.41) is 4.12. The van der Waals surface area contributed by atoms with Gasteiger partial charge in [0, 0.05) is 36.7 Å². The Kier molecular flexibility index (Phi) is 2.26. The smallest absolute Gasteiger partial charge is 0.168 e. The largest absolute Gasteiger partial charge is 0.490 e. The second-order valence-electron chi connectivity index (χ2n) is 4.20. The van der Waals surface area contributed by atoms with Crippen LogP contribution in [0.3, 0.4) is 0 Å². The SMILES string of the molecule is Cn1nc(-c2c(F)cc(F)c3c2CCO3)cc1N. The van der Waals surface area contributed by atoms with Crippen LogP contribution < -0.4 is 10.5 Å². The molecule has 1 aliphatic heterocycles. The van der Waals surface area contributed by atoms with Gasteiger partial charge in [-0.1, -0.05) is 0 Å². The van der Waals surface area contributed by atoms with Gasteiger partial charge in [-0.15, -0.1) is 0 Å². The fourth-order valence-corrected chi connectivity index (χ4v) is 2.18. The highest BCUT2D eigenvalue weighted by Crippen LogP contribution is 2.38. The van der Waals surface area contributed by atoms with E-state index in [1.165, 1.54) is 4.68 Å². The van der Waals surface area contributed by atoms with Crippen molar-refractivity contribution in [2.24, 2.45) is 7.05 Å². The Balaban J connectivity index is 2.26. The number of aryl methyl sites for hydroxylation is 1. The van der Waals surface area contributed by atoms with Crippen LogP contribution in [-0.2, 0) is 13.5 Å². The first-order valence-corrected chi connectivity index (χ1v) is 5.51. The van der Waals surface area contributed by atoms with Crippen molar-refractivity contribution in [1.29, 1.82) is 0 Å². The van der Waals surface area contributed by atoms with Crippen molar-refractivity contribution >= 4 is 5.82 Å². The van der Waals surface area contributed by atoms with Gasteiger partial charge in [0.25, 0.3) is 0 Å². The van der Waals surface area contributed by atoms with Gasteiger partial charge in [0.05, 0.1) is 12.3 Å². The summed E-state index contributed by atoms with van der Waals surface area (Å²) in [6.07, 6.45) is 0.468. The molecule has 0 unspecified atom stereocenters. The van der Waals surface area contributed by atoms with E-state index in [1.807, 2.05) is 0 Å². The zero-order valence-corrected chi connectivity index (χ0v) is 9.70. The average molecular weight is 251 g/mol. The fourth-order valence-electron chi connectivity index (χ4n) is 2.18. The Bertz CT molecular complexity index is 617. The van der Waals surface area contributed by atoms with Gasteiger partial charge >= 0.3 is 0 Å². The van der Waals surface area contributed by atoms with Crippen LogP contribution in [0.25, 0.3) is 11.3 Å². The first-order valence-electron chi connectivity index (χ1n) is 5.51. The molecule has 2 aromatic rings. The van der Waals surface area contributed by atoms with E-state index in [0.717, 1.165) is 6.07 Å². The molecule has 0 spiro atoms. The summed E-state index contributed by atoms with van der Waals surface area (Å²) in [5.74, 6) is -0.778. The average Bonchev–Trinajstić information content (AvgIpc) is 2.88. The number of ether oxygens (including phenoxy) is 1. The van der Waals surface area contributed by atoms with Crippen LogP contribution in [0.5, 0.6) is 5.75 Å². The highest BCUT2D eigenvalue weighted by atomic mass is 19.1. The van der Waals surface area contributed by atoms with Crippen molar-refractivity contribution < 1.29 is 13.5 Å². The minimum Gasteiger partial charge on any atom is -0.490 e. The summed E-state index contributed by atoms with van der Waals surface area (Å²) in [7, 11) is 1.66. The minimum absolute atomic E-state index is 0.121. The highest BCUT2D eigenvalue weighted by Gasteiger charge is 2.26. The Morgan fingerprint density at radius 1 is 1.33 bits per heavy atom. The van der Waals surface area contributed by atoms with Crippen LogP contribution in [0.1, 0.15) is 5.56 Å². The number of nitrogens with two attached hydrogens (primary N) is 1. The predicted molar refractivity (Wildman–Crippen MR) is 62.2 cm³/mol. The number of benzene rings is 1. The number of halogens is 2. The van der Waals surface area contributed by atoms with E-state index < -0.39 is 11.6 Å².